The van der Waals surface area contributed by atoms with Gasteiger partial charge < -0.3 is 9.80 Å². The first kappa shape index (κ1) is 19.2. The monoisotopic (exact) mass is 409 g/mol. The summed E-state index contributed by atoms with van der Waals surface area (Å²) in [4.78, 5) is 21.4. The van der Waals surface area contributed by atoms with Gasteiger partial charge in [-0.2, -0.15) is 0 Å². The zero-order valence-corrected chi connectivity index (χ0v) is 17.3. The van der Waals surface area contributed by atoms with Crippen molar-refractivity contribution in [1.82, 2.24) is 20.1 Å². The number of hydrogen-bond donors (Lipinski definition) is 0. The maximum Gasteiger partial charge on any atom is 0.254 e. The van der Waals surface area contributed by atoms with Gasteiger partial charge in [-0.05, 0) is 25.1 Å². The van der Waals surface area contributed by atoms with Crippen LogP contribution in [-0.2, 0) is 0 Å². The minimum Gasteiger partial charge on any atom is -0.351 e. The number of nitrogens with zero attached hydrogens (tertiary/aromatic N) is 5. The minimum atomic E-state index is 0.0591. The molecule has 1 amide bonds. The van der Waals surface area contributed by atoms with E-state index in [4.69, 9.17) is 0 Å². The fourth-order valence-electron chi connectivity index (χ4n) is 4.23. The Balaban J connectivity index is 1.44. The van der Waals surface area contributed by atoms with Gasteiger partial charge in [-0.15, -0.1) is 10.2 Å². The second-order valence-electron chi connectivity index (χ2n) is 7.82. The average Bonchev–Trinajstić information content (AvgIpc) is 2.84. The number of carbonyl (C=O) groups is 1. The Morgan fingerprint density at radius 2 is 1.65 bits per heavy atom. The first-order chi connectivity index (χ1) is 15.2. The highest BCUT2D eigenvalue weighted by Gasteiger charge is 2.30. The molecule has 6 heteroatoms. The first-order valence-corrected chi connectivity index (χ1v) is 10.5. The number of fused-ring (bicyclic) bond motifs is 1. The van der Waals surface area contributed by atoms with Crippen LogP contribution in [0.25, 0.3) is 22.0 Å². The molecule has 2 aromatic heterocycles. The molecule has 4 aromatic rings. The lowest BCUT2D eigenvalue weighted by Crippen LogP contribution is -2.54. The third-order valence-corrected chi connectivity index (χ3v) is 5.82. The molecule has 0 bridgehead atoms. The molecule has 0 spiro atoms. The standard InChI is InChI=1S/C25H23N5O/c1-18-17-29(14-15-30(18)25(31)20-10-6-3-7-11-20)24-22-16-26-13-12-21(22)23(27-28-24)19-8-4-2-5-9-19/h2-13,16,18H,14-15,17H2,1H3. The molecule has 1 saturated heterocycles. The minimum absolute atomic E-state index is 0.0591. The summed E-state index contributed by atoms with van der Waals surface area (Å²) in [6.45, 7) is 4.12. The summed E-state index contributed by atoms with van der Waals surface area (Å²) in [5, 5.41) is 11.2. The van der Waals surface area contributed by atoms with Crippen molar-refractivity contribution in [3.05, 3.63) is 84.7 Å². The third-order valence-electron chi connectivity index (χ3n) is 5.82. The summed E-state index contributed by atoms with van der Waals surface area (Å²) >= 11 is 0. The van der Waals surface area contributed by atoms with Crippen molar-refractivity contribution in [1.29, 1.82) is 0 Å². The molecule has 3 heterocycles. The zero-order valence-electron chi connectivity index (χ0n) is 17.3. The smallest absolute Gasteiger partial charge is 0.254 e. The fraction of sp³-hybridized carbons (Fsp3) is 0.200. The lowest BCUT2D eigenvalue weighted by atomic mass is 10.1. The van der Waals surface area contributed by atoms with Crippen molar-refractivity contribution < 1.29 is 4.79 Å². The molecule has 1 fully saturated rings. The molecule has 2 aromatic carbocycles. The van der Waals surface area contributed by atoms with Gasteiger partial charge >= 0.3 is 0 Å². The Morgan fingerprint density at radius 3 is 2.39 bits per heavy atom. The topological polar surface area (TPSA) is 62.2 Å². The van der Waals surface area contributed by atoms with E-state index in [9.17, 15) is 4.79 Å². The normalized spacial score (nSPS) is 16.5. The molecule has 5 rings (SSSR count). The third kappa shape index (κ3) is 3.61. The van der Waals surface area contributed by atoms with Gasteiger partial charge in [-0.25, -0.2) is 0 Å². The van der Waals surface area contributed by atoms with E-state index in [0.29, 0.717) is 19.6 Å². The van der Waals surface area contributed by atoms with Crippen molar-refractivity contribution in [3.63, 3.8) is 0 Å². The summed E-state index contributed by atoms with van der Waals surface area (Å²) in [7, 11) is 0. The first-order valence-electron chi connectivity index (χ1n) is 10.5. The van der Waals surface area contributed by atoms with Gasteiger partial charge in [-0.3, -0.25) is 9.78 Å². The van der Waals surface area contributed by atoms with E-state index < -0.39 is 0 Å². The summed E-state index contributed by atoms with van der Waals surface area (Å²) in [5.41, 5.74) is 2.61. The number of aromatic nitrogens is 3. The number of rotatable bonds is 3. The number of hydrogen-bond acceptors (Lipinski definition) is 5. The molecular weight excluding hydrogens is 386 g/mol. The highest BCUT2D eigenvalue weighted by atomic mass is 16.2. The molecule has 154 valence electrons. The summed E-state index contributed by atoms with van der Waals surface area (Å²) in [6, 6.07) is 21.6. The molecule has 1 atom stereocenters. The van der Waals surface area contributed by atoms with Crippen LogP contribution < -0.4 is 4.90 Å². The van der Waals surface area contributed by atoms with Gasteiger partial charge in [0, 0.05) is 60.0 Å². The van der Waals surface area contributed by atoms with E-state index in [1.165, 1.54) is 0 Å². The largest absolute Gasteiger partial charge is 0.351 e. The Bertz CT molecular complexity index is 1210. The molecule has 6 nitrogen and oxygen atoms in total. The van der Waals surface area contributed by atoms with Crippen LogP contribution >= 0.6 is 0 Å². The Kier molecular flexibility index (Phi) is 5.04. The fourth-order valence-corrected chi connectivity index (χ4v) is 4.23. The van der Waals surface area contributed by atoms with Gasteiger partial charge in [0.1, 0.15) is 5.69 Å². The predicted molar refractivity (Wildman–Crippen MR) is 122 cm³/mol. The van der Waals surface area contributed by atoms with Gasteiger partial charge in [0.15, 0.2) is 5.82 Å². The van der Waals surface area contributed by atoms with Crippen LogP contribution in [0.15, 0.2) is 79.1 Å². The van der Waals surface area contributed by atoms with Gasteiger partial charge in [0.2, 0.25) is 0 Å². The Labute approximate surface area is 181 Å². The van der Waals surface area contributed by atoms with Crippen LogP contribution in [0.1, 0.15) is 17.3 Å². The second kappa shape index (κ2) is 8.14. The number of amides is 1. The predicted octanol–water partition coefficient (Wildman–Crippen LogP) is 4.04. The van der Waals surface area contributed by atoms with Crippen molar-refractivity contribution in [2.75, 3.05) is 24.5 Å². The van der Waals surface area contributed by atoms with E-state index in [2.05, 4.69) is 27.0 Å². The molecule has 0 aliphatic carbocycles. The quantitative estimate of drug-likeness (QED) is 0.511. The number of piperazine rings is 1. The summed E-state index contributed by atoms with van der Waals surface area (Å²) in [6.07, 6.45) is 3.65. The average molecular weight is 409 g/mol. The zero-order chi connectivity index (χ0) is 21.2. The molecule has 1 aliphatic heterocycles. The maximum absolute atomic E-state index is 12.9. The molecule has 31 heavy (non-hydrogen) atoms. The highest BCUT2D eigenvalue weighted by molar-refractivity contribution is 6.00. The van der Waals surface area contributed by atoms with E-state index in [1.807, 2.05) is 77.8 Å². The van der Waals surface area contributed by atoms with Crippen LogP contribution in [0.5, 0.6) is 0 Å². The molecule has 0 N–H and O–H groups in total. The van der Waals surface area contributed by atoms with Crippen LogP contribution in [0.2, 0.25) is 0 Å². The molecule has 0 radical (unpaired) electrons. The van der Waals surface area contributed by atoms with Crippen LogP contribution in [0.4, 0.5) is 5.82 Å². The van der Waals surface area contributed by atoms with Crippen molar-refractivity contribution in [2.24, 2.45) is 0 Å². The van der Waals surface area contributed by atoms with Gasteiger partial charge in [0.25, 0.3) is 5.91 Å². The molecular formula is C25H23N5O. The van der Waals surface area contributed by atoms with E-state index >= 15 is 0 Å². The van der Waals surface area contributed by atoms with Crippen LogP contribution in [0, 0.1) is 0 Å². The number of benzene rings is 2. The Hall–Kier alpha value is -3.80. The van der Waals surface area contributed by atoms with E-state index in [-0.39, 0.29) is 11.9 Å². The highest BCUT2D eigenvalue weighted by Crippen LogP contribution is 2.31. The van der Waals surface area contributed by atoms with Crippen LogP contribution in [0.3, 0.4) is 0 Å². The number of carbonyl (C=O) groups excluding carboxylic acids is 1. The lowest BCUT2D eigenvalue weighted by molar-refractivity contribution is 0.0674. The maximum atomic E-state index is 12.9. The summed E-state index contributed by atoms with van der Waals surface area (Å²) < 4.78 is 0. The van der Waals surface area contributed by atoms with E-state index in [0.717, 1.165) is 33.4 Å². The molecule has 1 aliphatic rings. The molecule has 1 unspecified atom stereocenters. The lowest BCUT2D eigenvalue weighted by Gasteiger charge is -2.40. The SMILES string of the molecule is CC1CN(c2nnc(-c3ccccc3)c3ccncc23)CCN1C(=O)c1ccccc1. The Morgan fingerprint density at radius 1 is 0.903 bits per heavy atom. The van der Waals surface area contributed by atoms with Crippen molar-refractivity contribution >= 4 is 22.5 Å². The molecule has 0 saturated carbocycles. The van der Waals surface area contributed by atoms with Crippen molar-refractivity contribution in [3.8, 4) is 11.3 Å². The summed E-state index contributed by atoms with van der Waals surface area (Å²) in [5.74, 6) is 0.895. The van der Waals surface area contributed by atoms with Crippen molar-refractivity contribution in [2.45, 2.75) is 13.0 Å². The van der Waals surface area contributed by atoms with Crippen LogP contribution in [-0.4, -0.2) is 51.7 Å². The number of pyridine rings is 1. The van der Waals surface area contributed by atoms with Gasteiger partial charge in [-0.1, -0.05) is 48.5 Å². The second-order valence-corrected chi connectivity index (χ2v) is 7.82. The van der Waals surface area contributed by atoms with E-state index in [1.54, 1.807) is 6.20 Å². The van der Waals surface area contributed by atoms with Gasteiger partial charge in [0.05, 0.1) is 0 Å². The number of anilines is 1.